The molecule has 2 saturated heterocycles. The van der Waals surface area contributed by atoms with E-state index in [1.165, 1.54) is 16.7 Å². The number of pyridine rings is 1. The van der Waals surface area contributed by atoms with Crippen LogP contribution in [0.2, 0.25) is 0 Å². The summed E-state index contributed by atoms with van der Waals surface area (Å²) in [5, 5.41) is 3.30. The molecule has 0 bridgehead atoms. The molecule has 1 aliphatic carbocycles. The molecule has 13 nitrogen and oxygen atoms in total. The summed E-state index contributed by atoms with van der Waals surface area (Å²) in [6.45, 7) is 11.4. The number of nitrogens with zero attached hydrogens (tertiary/aromatic N) is 5. The number of piperazine rings is 1. The minimum atomic E-state index is -0.682. The minimum absolute atomic E-state index is 0.0659. The van der Waals surface area contributed by atoms with Crippen LogP contribution in [0.25, 0.3) is 10.9 Å². The maximum Gasteiger partial charge on any atom is 0.343 e. The largest absolute Gasteiger partial charge is 0.461 e. The van der Waals surface area contributed by atoms with Crippen molar-refractivity contribution >= 4 is 34.1 Å². The van der Waals surface area contributed by atoms with Gasteiger partial charge in [0, 0.05) is 81.7 Å². The average molecular weight is 730 g/mol. The number of aromatic amines is 1. The second kappa shape index (κ2) is 16.1. The first-order valence-electron chi connectivity index (χ1n) is 18.7. The van der Waals surface area contributed by atoms with Gasteiger partial charge in [0.1, 0.15) is 23.8 Å². The van der Waals surface area contributed by atoms with E-state index in [0.29, 0.717) is 62.8 Å². The highest BCUT2D eigenvalue weighted by Crippen LogP contribution is 2.38. The molecule has 7 rings (SSSR count). The Morgan fingerprint density at radius 3 is 2.36 bits per heavy atom. The summed E-state index contributed by atoms with van der Waals surface area (Å²) >= 11 is 0. The predicted molar refractivity (Wildman–Crippen MR) is 202 cm³/mol. The van der Waals surface area contributed by atoms with Crippen molar-refractivity contribution in [2.75, 3.05) is 82.4 Å². The Morgan fingerprint density at radius 1 is 0.906 bits per heavy atom. The molecule has 4 aromatic rings. The van der Waals surface area contributed by atoms with Crippen molar-refractivity contribution in [2.45, 2.75) is 52.1 Å². The van der Waals surface area contributed by atoms with Crippen LogP contribution in [0.4, 0.5) is 21.6 Å². The number of morpholine rings is 1. The fourth-order valence-electron chi connectivity index (χ4n) is 7.16. The molecule has 0 atom stereocenters. The maximum absolute atomic E-state index is 15.7. The van der Waals surface area contributed by atoms with Crippen LogP contribution >= 0.6 is 0 Å². The zero-order valence-corrected chi connectivity index (χ0v) is 30.5. The van der Waals surface area contributed by atoms with Gasteiger partial charge in [-0.25, -0.2) is 14.0 Å². The van der Waals surface area contributed by atoms with E-state index in [1.54, 1.807) is 12.3 Å². The number of halogens is 1. The summed E-state index contributed by atoms with van der Waals surface area (Å²) in [7, 11) is 0. The quantitative estimate of drug-likeness (QED) is 0.155. The highest BCUT2D eigenvalue weighted by atomic mass is 19.1. The molecule has 0 unspecified atom stereocenters. The molecule has 2 aliphatic heterocycles. The zero-order chi connectivity index (χ0) is 37.1. The number of benzene rings is 2. The number of hydrogen-bond donors (Lipinski definition) is 2. The molecule has 282 valence electrons. The number of rotatable bonds is 13. The molecular formula is C39H48FN7O6. The van der Waals surface area contributed by atoms with Gasteiger partial charge in [-0.1, -0.05) is 6.07 Å². The van der Waals surface area contributed by atoms with Gasteiger partial charge >= 0.3 is 11.7 Å². The van der Waals surface area contributed by atoms with E-state index in [2.05, 4.69) is 20.1 Å². The Bertz CT molecular complexity index is 2110. The lowest BCUT2D eigenvalue weighted by molar-refractivity contribution is 0.0195. The molecular weight excluding hydrogens is 681 g/mol. The average Bonchev–Trinajstić information content (AvgIpc) is 3.99. The second-order valence-electron chi connectivity index (χ2n) is 14.4. The van der Waals surface area contributed by atoms with Crippen LogP contribution in [-0.2, 0) is 16.0 Å². The SMILES string of the molecule is Cc1ccc(Nc2cc(=O)n(CCCCN3CCN(c4cc5c(cc4F)c(=O)c(C(=O)OCCN4CCOCC4)cn5C4CC4)CC3)c(=O)[nH]2)cc1C. The van der Waals surface area contributed by atoms with Crippen molar-refractivity contribution in [2.24, 2.45) is 0 Å². The van der Waals surface area contributed by atoms with E-state index in [9.17, 15) is 19.2 Å². The van der Waals surface area contributed by atoms with Crippen LogP contribution in [0.15, 0.2) is 57.0 Å². The van der Waals surface area contributed by atoms with Crippen molar-refractivity contribution < 1.29 is 18.7 Å². The molecule has 3 fully saturated rings. The van der Waals surface area contributed by atoms with Gasteiger partial charge in [0.05, 0.1) is 24.4 Å². The van der Waals surface area contributed by atoms with Crippen LogP contribution in [0.5, 0.6) is 0 Å². The van der Waals surface area contributed by atoms with Crippen molar-refractivity contribution in [1.82, 2.24) is 23.9 Å². The number of aryl methyl sites for hydroxylation is 2. The number of fused-ring (bicyclic) bond motifs is 1. The molecule has 2 aromatic heterocycles. The van der Waals surface area contributed by atoms with Crippen LogP contribution in [-0.4, -0.2) is 102 Å². The van der Waals surface area contributed by atoms with Crippen molar-refractivity contribution in [1.29, 1.82) is 0 Å². The molecule has 2 N–H and O–H groups in total. The molecule has 14 heteroatoms. The Morgan fingerprint density at radius 2 is 1.64 bits per heavy atom. The van der Waals surface area contributed by atoms with E-state index >= 15 is 4.39 Å². The standard InChI is InChI=1S/C39H48FN7O6/c1-26-5-6-28(21-27(26)2)41-35-24-36(48)46(39(51)42-35)10-4-3-9-43-11-13-45(14-12-43)34-23-33-30(22-32(34)40)37(49)31(25-47(33)29-7-8-29)38(50)53-20-17-44-15-18-52-19-16-44/h5-6,21-25,29,41H,3-4,7-20H2,1-2H3,(H,42,51). The lowest BCUT2D eigenvalue weighted by Crippen LogP contribution is -2.47. The molecule has 0 radical (unpaired) electrons. The van der Waals surface area contributed by atoms with E-state index in [4.69, 9.17) is 9.47 Å². The third-order valence-electron chi connectivity index (χ3n) is 10.6. The zero-order valence-electron chi connectivity index (χ0n) is 30.5. The summed E-state index contributed by atoms with van der Waals surface area (Å²) in [4.78, 5) is 61.3. The topological polar surface area (TPSA) is 134 Å². The molecule has 1 saturated carbocycles. The predicted octanol–water partition coefficient (Wildman–Crippen LogP) is 3.78. The number of esters is 1. The number of carbonyl (C=O) groups excluding carboxylic acids is 1. The number of unbranched alkanes of at least 4 members (excludes halogenated alkanes) is 1. The number of carbonyl (C=O) groups is 1. The van der Waals surface area contributed by atoms with E-state index in [-0.39, 0.29) is 29.2 Å². The Labute approximate surface area is 306 Å². The molecule has 0 amide bonds. The lowest BCUT2D eigenvalue weighted by Gasteiger charge is -2.36. The van der Waals surface area contributed by atoms with Gasteiger partial charge in [0.25, 0.3) is 5.56 Å². The summed E-state index contributed by atoms with van der Waals surface area (Å²) in [6, 6.07) is 10.5. The molecule has 2 aromatic carbocycles. The van der Waals surface area contributed by atoms with Crippen molar-refractivity contribution in [3.63, 3.8) is 0 Å². The minimum Gasteiger partial charge on any atom is -0.461 e. The smallest absolute Gasteiger partial charge is 0.343 e. The normalized spacial score (nSPS) is 17.0. The highest BCUT2D eigenvalue weighted by molar-refractivity contribution is 5.94. The van der Waals surface area contributed by atoms with Gasteiger partial charge in [0.2, 0.25) is 5.43 Å². The number of ether oxygens (including phenoxy) is 2. The van der Waals surface area contributed by atoms with Gasteiger partial charge in [0.15, 0.2) is 0 Å². The molecule has 0 spiro atoms. The third-order valence-corrected chi connectivity index (χ3v) is 10.6. The number of aromatic nitrogens is 3. The second-order valence-corrected chi connectivity index (χ2v) is 14.4. The van der Waals surface area contributed by atoms with E-state index in [0.717, 1.165) is 68.8 Å². The molecule has 3 aliphatic rings. The summed E-state index contributed by atoms with van der Waals surface area (Å²) in [6.07, 6.45) is 4.90. The molecule has 4 heterocycles. The fraction of sp³-hybridized carbons (Fsp3) is 0.487. The first-order chi connectivity index (χ1) is 25.6. The number of hydrogen-bond acceptors (Lipinski definition) is 10. The first kappa shape index (κ1) is 36.6. The van der Waals surface area contributed by atoms with Gasteiger partial charge in [-0.15, -0.1) is 0 Å². The number of nitrogens with one attached hydrogen (secondary N) is 2. The molecule has 53 heavy (non-hydrogen) atoms. The van der Waals surface area contributed by atoms with Crippen LogP contribution < -0.4 is 26.9 Å². The Balaban J connectivity index is 0.932. The van der Waals surface area contributed by atoms with Gasteiger partial charge in [-0.05, 0) is 81.5 Å². The van der Waals surface area contributed by atoms with Crippen LogP contribution in [0, 0.1) is 19.7 Å². The lowest BCUT2D eigenvalue weighted by atomic mass is 10.1. The summed E-state index contributed by atoms with van der Waals surface area (Å²) in [5.41, 5.74) is 2.76. The van der Waals surface area contributed by atoms with Crippen LogP contribution in [0.3, 0.4) is 0 Å². The van der Waals surface area contributed by atoms with Crippen molar-refractivity contribution in [3.05, 3.63) is 96.2 Å². The van der Waals surface area contributed by atoms with Gasteiger partial charge in [-0.3, -0.25) is 28.9 Å². The summed E-state index contributed by atoms with van der Waals surface area (Å²) in [5.74, 6) is -0.816. The Kier molecular flexibility index (Phi) is 11.1. The summed E-state index contributed by atoms with van der Waals surface area (Å²) < 4.78 is 29.7. The maximum atomic E-state index is 15.7. The monoisotopic (exact) mass is 729 g/mol. The third kappa shape index (κ3) is 8.55. The van der Waals surface area contributed by atoms with Gasteiger partial charge in [-0.2, -0.15) is 0 Å². The number of H-pyrrole nitrogens is 1. The first-order valence-corrected chi connectivity index (χ1v) is 18.7. The highest BCUT2D eigenvalue weighted by Gasteiger charge is 2.29. The van der Waals surface area contributed by atoms with Crippen LogP contribution in [0.1, 0.15) is 53.2 Å². The van der Waals surface area contributed by atoms with Crippen molar-refractivity contribution in [3.8, 4) is 0 Å². The number of anilines is 3. The Hall–Kier alpha value is -4.79. The van der Waals surface area contributed by atoms with E-state index in [1.807, 2.05) is 41.5 Å². The van der Waals surface area contributed by atoms with E-state index < -0.39 is 22.9 Å². The van der Waals surface area contributed by atoms with Gasteiger partial charge < -0.3 is 24.3 Å². The fourth-order valence-corrected chi connectivity index (χ4v) is 7.16.